The number of fused-ring (bicyclic) bond motifs is 1. The summed E-state index contributed by atoms with van der Waals surface area (Å²) in [6.07, 6.45) is 1.44. The number of nitrogens with one attached hydrogen (secondary N) is 1. The molecule has 5 nitrogen and oxygen atoms in total. The SMILES string of the molecule is Cc1ccc(S(=O)(=O)NN=Cc2c(OCc3ccc(F)cc3)ccc3ccccc23)cc1. The van der Waals surface area contributed by atoms with Gasteiger partial charge in [-0.2, -0.15) is 13.5 Å². The second-order valence-electron chi connectivity index (χ2n) is 7.28. The Hall–Kier alpha value is -3.71. The second kappa shape index (κ2) is 9.20. The Balaban J connectivity index is 1.61. The zero-order valence-corrected chi connectivity index (χ0v) is 18.1. The Morgan fingerprint density at radius 2 is 1.66 bits per heavy atom. The van der Waals surface area contributed by atoms with Crippen LogP contribution in [-0.4, -0.2) is 14.6 Å². The van der Waals surface area contributed by atoms with E-state index < -0.39 is 10.0 Å². The van der Waals surface area contributed by atoms with E-state index in [0.29, 0.717) is 11.3 Å². The maximum atomic E-state index is 13.2. The lowest BCUT2D eigenvalue weighted by Crippen LogP contribution is -2.18. The zero-order chi connectivity index (χ0) is 22.6. The minimum absolute atomic E-state index is 0.131. The van der Waals surface area contributed by atoms with E-state index in [1.54, 1.807) is 24.3 Å². The van der Waals surface area contributed by atoms with Gasteiger partial charge in [-0.25, -0.2) is 9.22 Å². The van der Waals surface area contributed by atoms with Crippen molar-refractivity contribution in [3.63, 3.8) is 0 Å². The number of hydrogen-bond donors (Lipinski definition) is 1. The number of nitrogens with zero attached hydrogens (tertiary/aromatic N) is 1. The van der Waals surface area contributed by atoms with Crippen LogP contribution in [0.1, 0.15) is 16.7 Å². The van der Waals surface area contributed by atoms with E-state index in [-0.39, 0.29) is 17.3 Å². The molecule has 4 aromatic rings. The van der Waals surface area contributed by atoms with Crippen LogP contribution >= 0.6 is 0 Å². The van der Waals surface area contributed by atoms with Crippen molar-refractivity contribution in [3.05, 3.63) is 107 Å². The number of hydrogen-bond acceptors (Lipinski definition) is 4. The highest BCUT2D eigenvalue weighted by atomic mass is 32.2. The van der Waals surface area contributed by atoms with Gasteiger partial charge in [0.05, 0.1) is 11.1 Å². The monoisotopic (exact) mass is 448 g/mol. The number of sulfonamides is 1. The first kappa shape index (κ1) is 21.5. The van der Waals surface area contributed by atoms with Crippen LogP contribution < -0.4 is 9.57 Å². The van der Waals surface area contributed by atoms with Crippen LogP contribution in [0.15, 0.2) is 94.9 Å². The molecule has 0 aliphatic rings. The summed E-state index contributed by atoms with van der Waals surface area (Å²) in [4.78, 5) is 2.39. The van der Waals surface area contributed by atoms with Crippen LogP contribution in [0.25, 0.3) is 10.8 Å². The number of benzene rings is 4. The number of rotatable bonds is 7. The predicted octanol–water partition coefficient (Wildman–Crippen LogP) is 5.18. The summed E-state index contributed by atoms with van der Waals surface area (Å²) in [5.74, 6) is 0.222. The van der Waals surface area contributed by atoms with Gasteiger partial charge in [0.2, 0.25) is 0 Å². The molecular formula is C25H21FN2O3S. The molecule has 1 N–H and O–H groups in total. The quantitative estimate of drug-likeness (QED) is 0.313. The molecule has 0 amide bonds. The van der Waals surface area contributed by atoms with E-state index >= 15 is 0 Å². The smallest absolute Gasteiger partial charge is 0.276 e. The van der Waals surface area contributed by atoms with E-state index in [0.717, 1.165) is 21.9 Å². The van der Waals surface area contributed by atoms with Gasteiger partial charge in [0, 0.05) is 5.56 Å². The van der Waals surface area contributed by atoms with Gasteiger partial charge in [-0.1, -0.05) is 60.2 Å². The molecule has 0 radical (unpaired) electrons. The lowest BCUT2D eigenvalue weighted by molar-refractivity contribution is 0.306. The van der Waals surface area contributed by atoms with E-state index in [9.17, 15) is 12.8 Å². The summed E-state index contributed by atoms with van der Waals surface area (Å²) in [6.45, 7) is 2.12. The normalized spacial score (nSPS) is 11.7. The van der Waals surface area contributed by atoms with E-state index in [1.807, 2.05) is 43.3 Å². The molecule has 7 heteroatoms. The van der Waals surface area contributed by atoms with Crippen LogP contribution in [0.3, 0.4) is 0 Å². The average molecular weight is 449 g/mol. The maximum Gasteiger partial charge on any atom is 0.276 e. The summed E-state index contributed by atoms with van der Waals surface area (Å²) in [5.41, 5.74) is 2.41. The van der Waals surface area contributed by atoms with Crippen LogP contribution in [0, 0.1) is 12.7 Å². The van der Waals surface area contributed by atoms with Crippen LogP contribution in [0.2, 0.25) is 0 Å². The Morgan fingerprint density at radius 3 is 2.41 bits per heavy atom. The lowest BCUT2D eigenvalue weighted by Gasteiger charge is -2.12. The molecule has 4 rings (SSSR count). The van der Waals surface area contributed by atoms with E-state index in [2.05, 4.69) is 9.93 Å². The first-order valence-corrected chi connectivity index (χ1v) is 11.4. The second-order valence-corrected chi connectivity index (χ2v) is 8.94. The van der Waals surface area contributed by atoms with Crippen molar-refractivity contribution in [3.8, 4) is 5.75 Å². The van der Waals surface area contributed by atoms with Crippen LogP contribution in [0.5, 0.6) is 5.75 Å². The standard InChI is InChI=1S/C25H21FN2O3S/c1-18-6-13-22(14-7-18)32(29,30)28-27-16-24-23-5-3-2-4-20(23)10-15-25(24)31-17-19-8-11-21(26)12-9-19/h2-16,28H,17H2,1H3. The van der Waals surface area contributed by atoms with Gasteiger partial charge in [-0.3, -0.25) is 0 Å². The van der Waals surface area contributed by atoms with Crippen molar-refractivity contribution in [2.24, 2.45) is 5.10 Å². The Labute approximate surface area is 186 Å². The molecule has 0 heterocycles. The minimum Gasteiger partial charge on any atom is -0.488 e. The third kappa shape index (κ3) is 4.95. The first-order chi connectivity index (χ1) is 15.4. The molecule has 32 heavy (non-hydrogen) atoms. The highest BCUT2D eigenvalue weighted by Crippen LogP contribution is 2.27. The molecule has 0 saturated carbocycles. The van der Waals surface area contributed by atoms with Crippen LogP contribution in [-0.2, 0) is 16.6 Å². The van der Waals surface area contributed by atoms with Crippen molar-refractivity contribution in [2.45, 2.75) is 18.4 Å². The predicted molar refractivity (Wildman–Crippen MR) is 124 cm³/mol. The summed E-state index contributed by atoms with van der Waals surface area (Å²) in [6, 6.07) is 24.0. The molecule has 0 atom stereocenters. The highest BCUT2D eigenvalue weighted by molar-refractivity contribution is 7.89. The third-order valence-corrected chi connectivity index (χ3v) is 6.17. The lowest BCUT2D eigenvalue weighted by atomic mass is 10.0. The van der Waals surface area contributed by atoms with Gasteiger partial charge >= 0.3 is 0 Å². The van der Waals surface area contributed by atoms with Crippen molar-refractivity contribution in [1.29, 1.82) is 0 Å². The molecule has 0 aromatic heterocycles. The number of hydrazone groups is 1. The molecule has 162 valence electrons. The molecule has 0 spiro atoms. The Bertz CT molecular complexity index is 1370. The van der Waals surface area contributed by atoms with Gasteiger partial charge in [0.25, 0.3) is 10.0 Å². The molecule has 0 bridgehead atoms. The van der Waals surface area contributed by atoms with Gasteiger partial charge in [0.1, 0.15) is 18.2 Å². The molecule has 0 saturated heterocycles. The minimum atomic E-state index is -3.80. The summed E-state index contributed by atoms with van der Waals surface area (Å²) in [7, 11) is -3.80. The zero-order valence-electron chi connectivity index (χ0n) is 17.3. The van der Waals surface area contributed by atoms with Crippen molar-refractivity contribution in [2.75, 3.05) is 0 Å². The van der Waals surface area contributed by atoms with Crippen molar-refractivity contribution < 1.29 is 17.5 Å². The Kier molecular flexibility index (Phi) is 6.18. The van der Waals surface area contributed by atoms with E-state index in [1.165, 1.54) is 30.5 Å². The van der Waals surface area contributed by atoms with Gasteiger partial charge in [0.15, 0.2) is 0 Å². The van der Waals surface area contributed by atoms with Crippen LogP contribution in [0.4, 0.5) is 4.39 Å². The third-order valence-electron chi connectivity index (χ3n) is 4.94. The largest absolute Gasteiger partial charge is 0.488 e. The number of aryl methyl sites for hydroxylation is 1. The maximum absolute atomic E-state index is 13.2. The first-order valence-electron chi connectivity index (χ1n) is 9.93. The number of ether oxygens (including phenoxy) is 1. The van der Waals surface area contributed by atoms with Crippen molar-refractivity contribution >= 4 is 27.0 Å². The molecule has 0 fully saturated rings. The molecule has 0 unspecified atom stereocenters. The fraction of sp³-hybridized carbons (Fsp3) is 0.0800. The van der Waals surface area contributed by atoms with E-state index in [4.69, 9.17) is 4.74 Å². The summed E-state index contributed by atoms with van der Waals surface area (Å²) < 4.78 is 44.2. The summed E-state index contributed by atoms with van der Waals surface area (Å²) in [5, 5.41) is 5.82. The fourth-order valence-electron chi connectivity index (χ4n) is 3.21. The van der Waals surface area contributed by atoms with Gasteiger partial charge in [-0.15, -0.1) is 0 Å². The Morgan fingerprint density at radius 1 is 0.938 bits per heavy atom. The summed E-state index contributed by atoms with van der Waals surface area (Å²) >= 11 is 0. The molecule has 0 aliphatic heterocycles. The van der Waals surface area contributed by atoms with Crippen molar-refractivity contribution in [1.82, 2.24) is 4.83 Å². The molecular weight excluding hydrogens is 427 g/mol. The average Bonchev–Trinajstić information content (AvgIpc) is 2.79. The fourth-order valence-corrected chi connectivity index (χ4v) is 4.00. The number of halogens is 1. The van der Waals surface area contributed by atoms with Gasteiger partial charge in [-0.05, 0) is 53.6 Å². The molecule has 0 aliphatic carbocycles. The van der Waals surface area contributed by atoms with Gasteiger partial charge < -0.3 is 4.74 Å². The molecule has 4 aromatic carbocycles. The highest BCUT2D eigenvalue weighted by Gasteiger charge is 2.13. The topological polar surface area (TPSA) is 67.8 Å².